The van der Waals surface area contributed by atoms with E-state index in [4.69, 9.17) is 15.2 Å². The van der Waals surface area contributed by atoms with Crippen LogP contribution in [0, 0.1) is 5.92 Å². The molecule has 0 radical (unpaired) electrons. The van der Waals surface area contributed by atoms with Crippen LogP contribution in [0.2, 0.25) is 0 Å². The monoisotopic (exact) mass is 293 g/mol. The standard InChI is InChI=1S/C15H27N5O/c1-19-7-8-20(2)13(10-19)14-17-15(21-18-14)12-5-3-11(9-16)4-6-12/h11-13H,3-10,16H2,1-2H3. The van der Waals surface area contributed by atoms with Crippen LogP contribution in [0.3, 0.4) is 0 Å². The van der Waals surface area contributed by atoms with Crippen molar-refractivity contribution in [1.29, 1.82) is 0 Å². The minimum Gasteiger partial charge on any atom is -0.339 e. The van der Waals surface area contributed by atoms with Crippen molar-refractivity contribution in [2.75, 3.05) is 40.3 Å². The number of aromatic nitrogens is 2. The van der Waals surface area contributed by atoms with Gasteiger partial charge < -0.3 is 15.2 Å². The van der Waals surface area contributed by atoms with Gasteiger partial charge in [0.1, 0.15) is 0 Å². The van der Waals surface area contributed by atoms with Crippen LogP contribution in [-0.2, 0) is 0 Å². The van der Waals surface area contributed by atoms with E-state index in [-0.39, 0.29) is 6.04 Å². The van der Waals surface area contributed by atoms with Gasteiger partial charge in [-0.3, -0.25) is 4.90 Å². The Bertz CT molecular complexity index is 455. The number of piperazine rings is 1. The van der Waals surface area contributed by atoms with Crippen LogP contribution >= 0.6 is 0 Å². The normalized spacial score (nSPS) is 32.4. The maximum Gasteiger partial charge on any atom is 0.229 e. The largest absolute Gasteiger partial charge is 0.339 e. The van der Waals surface area contributed by atoms with Gasteiger partial charge in [0, 0.05) is 25.6 Å². The van der Waals surface area contributed by atoms with E-state index >= 15 is 0 Å². The van der Waals surface area contributed by atoms with Gasteiger partial charge in [-0.25, -0.2) is 0 Å². The maximum atomic E-state index is 5.76. The smallest absolute Gasteiger partial charge is 0.229 e. The number of hydrogen-bond donors (Lipinski definition) is 1. The molecule has 1 saturated carbocycles. The molecule has 2 heterocycles. The molecule has 2 N–H and O–H groups in total. The molecular formula is C15H27N5O. The lowest BCUT2D eigenvalue weighted by atomic mass is 9.82. The SMILES string of the molecule is CN1CCN(C)C(c2noc(C3CCC(CN)CC3)n2)C1. The molecule has 118 valence electrons. The lowest BCUT2D eigenvalue weighted by Gasteiger charge is -2.35. The molecule has 2 aliphatic rings. The molecule has 1 saturated heterocycles. The van der Waals surface area contributed by atoms with E-state index in [0.29, 0.717) is 11.8 Å². The first-order chi connectivity index (χ1) is 10.2. The van der Waals surface area contributed by atoms with E-state index in [2.05, 4.69) is 29.1 Å². The molecule has 21 heavy (non-hydrogen) atoms. The van der Waals surface area contributed by atoms with Gasteiger partial charge in [-0.1, -0.05) is 5.16 Å². The third-order valence-corrected chi connectivity index (χ3v) is 5.14. The van der Waals surface area contributed by atoms with Gasteiger partial charge in [0.2, 0.25) is 5.89 Å². The van der Waals surface area contributed by atoms with Crippen LogP contribution in [0.1, 0.15) is 49.4 Å². The van der Waals surface area contributed by atoms with Crippen molar-refractivity contribution in [2.24, 2.45) is 11.7 Å². The van der Waals surface area contributed by atoms with E-state index in [1.807, 2.05) is 0 Å². The van der Waals surface area contributed by atoms with Crippen LogP contribution in [0.4, 0.5) is 0 Å². The number of hydrogen-bond acceptors (Lipinski definition) is 6. The van der Waals surface area contributed by atoms with Crippen LogP contribution < -0.4 is 5.73 Å². The van der Waals surface area contributed by atoms with Crippen molar-refractivity contribution in [2.45, 2.75) is 37.6 Å². The van der Waals surface area contributed by atoms with Crippen molar-refractivity contribution in [3.8, 4) is 0 Å². The minimum atomic E-state index is 0.252. The fourth-order valence-corrected chi connectivity index (χ4v) is 3.48. The summed E-state index contributed by atoms with van der Waals surface area (Å²) < 4.78 is 5.57. The summed E-state index contributed by atoms with van der Waals surface area (Å²) in [5.41, 5.74) is 5.76. The third kappa shape index (κ3) is 3.27. The van der Waals surface area contributed by atoms with Gasteiger partial charge in [-0.15, -0.1) is 0 Å². The number of rotatable bonds is 3. The molecule has 3 rings (SSSR count). The molecule has 6 nitrogen and oxygen atoms in total. The Morgan fingerprint density at radius 3 is 2.67 bits per heavy atom. The third-order valence-electron chi connectivity index (χ3n) is 5.14. The van der Waals surface area contributed by atoms with Gasteiger partial charge in [-0.05, 0) is 52.2 Å². The summed E-state index contributed by atoms with van der Waals surface area (Å²) in [6, 6.07) is 0.252. The zero-order valence-corrected chi connectivity index (χ0v) is 13.2. The average Bonchev–Trinajstić information content (AvgIpc) is 2.99. The van der Waals surface area contributed by atoms with Crippen LogP contribution in [0.25, 0.3) is 0 Å². The average molecular weight is 293 g/mol. The minimum absolute atomic E-state index is 0.252. The summed E-state index contributed by atoms with van der Waals surface area (Å²) in [5.74, 6) is 2.80. The number of nitrogens with two attached hydrogens (primary N) is 1. The Kier molecular flexibility index (Phi) is 4.57. The predicted octanol–water partition coefficient (Wildman–Crippen LogP) is 1.22. The van der Waals surface area contributed by atoms with Crippen LogP contribution in [0.5, 0.6) is 0 Å². The number of nitrogens with zero attached hydrogens (tertiary/aromatic N) is 4. The lowest BCUT2D eigenvalue weighted by molar-refractivity contribution is 0.108. The fourth-order valence-electron chi connectivity index (χ4n) is 3.48. The summed E-state index contributed by atoms with van der Waals surface area (Å²) in [4.78, 5) is 9.36. The van der Waals surface area contributed by atoms with E-state index < -0.39 is 0 Å². The highest BCUT2D eigenvalue weighted by Crippen LogP contribution is 2.35. The molecule has 1 aliphatic carbocycles. The van der Waals surface area contributed by atoms with Gasteiger partial charge in [0.05, 0.1) is 6.04 Å². The summed E-state index contributed by atoms with van der Waals surface area (Å²) >= 11 is 0. The second kappa shape index (κ2) is 6.42. The molecule has 1 unspecified atom stereocenters. The molecule has 0 amide bonds. The van der Waals surface area contributed by atoms with E-state index in [0.717, 1.165) is 50.7 Å². The Morgan fingerprint density at radius 2 is 1.95 bits per heavy atom. The van der Waals surface area contributed by atoms with Crippen molar-refractivity contribution in [1.82, 2.24) is 19.9 Å². The van der Waals surface area contributed by atoms with Crippen molar-refractivity contribution < 1.29 is 4.52 Å². The van der Waals surface area contributed by atoms with Crippen LogP contribution in [-0.4, -0.2) is 60.2 Å². The molecule has 1 aromatic rings. The molecule has 1 aromatic heterocycles. The predicted molar refractivity (Wildman–Crippen MR) is 80.9 cm³/mol. The summed E-state index contributed by atoms with van der Waals surface area (Å²) in [5, 5.41) is 4.26. The van der Waals surface area contributed by atoms with E-state index in [1.165, 1.54) is 12.8 Å². The van der Waals surface area contributed by atoms with E-state index in [9.17, 15) is 0 Å². The highest BCUT2D eigenvalue weighted by Gasteiger charge is 2.30. The van der Waals surface area contributed by atoms with Crippen molar-refractivity contribution >= 4 is 0 Å². The zero-order valence-electron chi connectivity index (χ0n) is 13.2. The molecule has 0 spiro atoms. The van der Waals surface area contributed by atoms with Crippen LogP contribution in [0.15, 0.2) is 4.52 Å². The first-order valence-electron chi connectivity index (χ1n) is 8.09. The first kappa shape index (κ1) is 14.9. The first-order valence-corrected chi connectivity index (χ1v) is 8.09. The second-order valence-corrected chi connectivity index (χ2v) is 6.70. The molecule has 1 atom stereocenters. The molecule has 0 aromatic carbocycles. The Morgan fingerprint density at radius 1 is 1.19 bits per heavy atom. The quantitative estimate of drug-likeness (QED) is 0.903. The lowest BCUT2D eigenvalue weighted by Crippen LogP contribution is -2.45. The molecular weight excluding hydrogens is 266 g/mol. The zero-order chi connectivity index (χ0) is 14.8. The summed E-state index contributed by atoms with van der Waals surface area (Å²) in [6.07, 6.45) is 4.63. The number of likely N-dealkylation sites (N-methyl/N-ethyl adjacent to an activating group) is 2. The highest BCUT2D eigenvalue weighted by atomic mass is 16.5. The van der Waals surface area contributed by atoms with Gasteiger partial charge in [0.25, 0.3) is 0 Å². The maximum absolute atomic E-state index is 5.76. The molecule has 6 heteroatoms. The Labute approximate surface area is 126 Å². The Balaban J connectivity index is 1.66. The van der Waals surface area contributed by atoms with Gasteiger partial charge in [-0.2, -0.15) is 4.98 Å². The molecule has 2 fully saturated rings. The molecule has 1 aliphatic heterocycles. The molecule has 0 bridgehead atoms. The van der Waals surface area contributed by atoms with Crippen molar-refractivity contribution in [3.05, 3.63) is 11.7 Å². The topological polar surface area (TPSA) is 71.4 Å². The van der Waals surface area contributed by atoms with Crippen molar-refractivity contribution in [3.63, 3.8) is 0 Å². The van der Waals surface area contributed by atoms with Gasteiger partial charge >= 0.3 is 0 Å². The highest BCUT2D eigenvalue weighted by molar-refractivity contribution is 5.02. The van der Waals surface area contributed by atoms with E-state index in [1.54, 1.807) is 0 Å². The summed E-state index contributed by atoms with van der Waals surface area (Å²) in [6.45, 7) is 3.92. The van der Waals surface area contributed by atoms with Gasteiger partial charge in [0.15, 0.2) is 5.82 Å². The fraction of sp³-hybridized carbons (Fsp3) is 0.867. The Hall–Kier alpha value is -0.980. The second-order valence-electron chi connectivity index (χ2n) is 6.70. The summed E-state index contributed by atoms with van der Waals surface area (Å²) in [7, 11) is 4.29.